The fourth-order valence-electron chi connectivity index (χ4n) is 1.34. The van der Waals surface area contributed by atoms with Crippen LogP contribution in [0.4, 0.5) is 0 Å². The fourth-order valence-corrected chi connectivity index (χ4v) is 1.40. The first-order chi connectivity index (χ1) is 8.72. The van der Waals surface area contributed by atoms with Crippen molar-refractivity contribution in [1.82, 2.24) is 0 Å². The van der Waals surface area contributed by atoms with Gasteiger partial charge in [0.1, 0.15) is 12.4 Å². The maximum atomic E-state index is 5.58. The normalized spacial score (nSPS) is 10.0. The molecule has 0 aliphatic carbocycles. The van der Waals surface area contributed by atoms with Crippen LogP contribution >= 0.6 is 11.6 Å². The van der Waals surface area contributed by atoms with Gasteiger partial charge in [0.05, 0.1) is 12.5 Å². The molecule has 0 unspecified atom stereocenters. The van der Waals surface area contributed by atoms with E-state index in [9.17, 15) is 0 Å². The van der Waals surface area contributed by atoms with Gasteiger partial charge in [0.25, 0.3) is 0 Å². The Morgan fingerprint density at radius 2 is 2.11 bits per heavy atom. The minimum atomic E-state index is 0.341. The lowest BCUT2D eigenvalue weighted by molar-refractivity contribution is 0.0819. The van der Waals surface area contributed by atoms with Crippen molar-refractivity contribution in [3.05, 3.63) is 29.8 Å². The van der Waals surface area contributed by atoms with Gasteiger partial charge < -0.3 is 9.47 Å². The third-order valence-corrected chi connectivity index (χ3v) is 2.21. The SMILES string of the molecule is CC(C)COCCOc1cccc(C#CCCl)c1. The number of hydrogen-bond donors (Lipinski definition) is 0. The lowest BCUT2D eigenvalue weighted by Gasteiger charge is -2.08. The van der Waals surface area contributed by atoms with Crippen molar-refractivity contribution in [1.29, 1.82) is 0 Å². The smallest absolute Gasteiger partial charge is 0.120 e. The molecule has 0 heterocycles. The molecule has 0 atom stereocenters. The van der Waals surface area contributed by atoms with Gasteiger partial charge in [0.15, 0.2) is 0 Å². The first kappa shape index (κ1) is 14.9. The summed E-state index contributed by atoms with van der Waals surface area (Å²) in [5, 5.41) is 0. The van der Waals surface area contributed by atoms with E-state index >= 15 is 0 Å². The van der Waals surface area contributed by atoms with Gasteiger partial charge in [-0.25, -0.2) is 0 Å². The summed E-state index contributed by atoms with van der Waals surface area (Å²) in [5.41, 5.74) is 0.913. The summed E-state index contributed by atoms with van der Waals surface area (Å²) < 4.78 is 11.0. The molecule has 0 fully saturated rings. The summed E-state index contributed by atoms with van der Waals surface area (Å²) in [6, 6.07) is 7.67. The van der Waals surface area contributed by atoms with E-state index < -0.39 is 0 Å². The van der Waals surface area contributed by atoms with Gasteiger partial charge >= 0.3 is 0 Å². The Bertz CT molecular complexity index is 404. The van der Waals surface area contributed by atoms with Gasteiger partial charge in [-0.15, -0.1) is 11.6 Å². The number of ether oxygens (including phenoxy) is 2. The zero-order valence-electron chi connectivity index (χ0n) is 10.9. The summed E-state index contributed by atoms with van der Waals surface area (Å²) in [7, 11) is 0. The molecule has 0 N–H and O–H groups in total. The molecule has 1 aromatic rings. The molecule has 0 spiro atoms. The van der Waals surface area contributed by atoms with Gasteiger partial charge in [-0.05, 0) is 24.1 Å². The topological polar surface area (TPSA) is 18.5 Å². The fraction of sp³-hybridized carbons (Fsp3) is 0.467. The largest absolute Gasteiger partial charge is 0.491 e. The van der Waals surface area contributed by atoms with Crippen molar-refractivity contribution in [2.75, 3.05) is 25.7 Å². The van der Waals surface area contributed by atoms with E-state index in [1.165, 1.54) is 0 Å². The predicted octanol–water partition coefficient (Wildman–Crippen LogP) is 3.33. The summed E-state index contributed by atoms with van der Waals surface area (Å²) in [4.78, 5) is 0. The van der Waals surface area contributed by atoms with Crippen LogP contribution in [0.15, 0.2) is 24.3 Å². The van der Waals surface area contributed by atoms with E-state index in [0.29, 0.717) is 25.0 Å². The molecule has 0 aromatic heterocycles. The zero-order valence-corrected chi connectivity index (χ0v) is 11.7. The van der Waals surface area contributed by atoms with Crippen molar-refractivity contribution < 1.29 is 9.47 Å². The van der Waals surface area contributed by atoms with Crippen molar-refractivity contribution >= 4 is 11.6 Å². The molecular weight excluding hydrogens is 248 g/mol. The minimum absolute atomic E-state index is 0.341. The molecule has 2 nitrogen and oxygen atoms in total. The third kappa shape index (κ3) is 6.54. The van der Waals surface area contributed by atoms with Gasteiger partial charge in [-0.2, -0.15) is 0 Å². The summed E-state index contributed by atoms with van der Waals surface area (Å²) in [6.07, 6.45) is 0. The summed E-state index contributed by atoms with van der Waals surface area (Å²) in [5.74, 6) is 7.48. The Kier molecular flexibility index (Phi) is 7.32. The average Bonchev–Trinajstić information content (AvgIpc) is 2.36. The molecule has 3 heteroatoms. The van der Waals surface area contributed by atoms with Crippen molar-refractivity contribution in [2.24, 2.45) is 5.92 Å². The lowest BCUT2D eigenvalue weighted by atomic mass is 10.2. The molecule has 1 aromatic carbocycles. The molecule has 18 heavy (non-hydrogen) atoms. The molecular formula is C15H19ClO2. The highest BCUT2D eigenvalue weighted by Gasteiger charge is 1.96. The molecule has 0 aliphatic rings. The molecule has 1 rings (SSSR count). The number of halogens is 1. The van der Waals surface area contributed by atoms with E-state index in [0.717, 1.165) is 17.9 Å². The van der Waals surface area contributed by atoms with Crippen molar-refractivity contribution in [3.63, 3.8) is 0 Å². The van der Waals surface area contributed by atoms with Crippen LogP contribution < -0.4 is 4.74 Å². The Balaban J connectivity index is 2.34. The van der Waals surface area contributed by atoms with Crippen LogP contribution in [0.1, 0.15) is 19.4 Å². The van der Waals surface area contributed by atoms with Gasteiger partial charge in [0, 0.05) is 12.2 Å². The van der Waals surface area contributed by atoms with Crippen molar-refractivity contribution in [2.45, 2.75) is 13.8 Å². The Hall–Kier alpha value is -1.17. The predicted molar refractivity (Wildman–Crippen MR) is 75.2 cm³/mol. The van der Waals surface area contributed by atoms with Crippen LogP contribution in [-0.2, 0) is 4.74 Å². The number of benzene rings is 1. The van der Waals surface area contributed by atoms with E-state index in [-0.39, 0.29) is 0 Å². The van der Waals surface area contributed by atoms with E-state index in [1.807, 2.05) is 24.3 Å². The molecule has 0 aliphatic heterocycles. The Morgan fingerprint density at radius 1 is 1.28 bits per heavy atom. The minimum Gasteiger partial charge on any atom is -0.491 e. The molecule has 0 amide bonds. The van der Waals surface area contributed by atoms with Crippen LogP contribution in [0, 0.1) is 17.8 Å². The highest BCUT2D eigenvalue weighted by Crippen LogP contribution is 2.12. The second-order valence-corrected chi connectivity index (χ2v) is 4.55. The van der Waals surface area contributed by atoms with Crippen LogP contribution in [-0.4, -0.2) is 25.7 Å². The monoisotopic (exact) mass is 266 g/mol. The second-order valence-electron chi connectivity index (χ2n) is 4.28. The van der Waals surface area contributed by atoms with E-state index in [2.05, 4.69) is 25.7 Å². The lowest BCUT2D eigenvalue weighted by Crippen LogP contribution is -2.10. The first-order valence-corrected chi connectivity index (χ1v) is 6.61. The first-order valence-electron chi connectivity index (χ1n) is 6.08. The van der Waals surface area contributed by atoms with E-state index in [1.54, 1.807) is 0 Å². The van der Waals surface area contributed by atoms with Gasteiger partial charge in [-0.1, -0.05) is 31.8 Å². The number of alkyl halides is 1. The van der Waals surface area contributed by atoms with Crippen LogP contribution in [0.2, 0.25) is 0 Å². The third-order valence-electron chi connectivity index (χ3n) is 2.08. The highest BCUT2D eigenvalue weighted by molar-refractivity contribution is 6.19. The van der Waals surface area contributed by atoms with Crippen LogP contribution in [0.25, 0.3) is 0 Å². The van der Waals surface area contributed by atoms with Gasteiger partial charge in [0.2, 0.25) is 0 Å². The van der Waals surface area contributed by atoms with Crippen molar-refractivity contribution in [3.8, 4) is 17.6 Å². The molecule has 0 radical (unpaired) electrons. The quantitative estimate of drug-likeness (QED) is 0.447. The zero-order chi connectivity index (χ0) is 13.2. The van der Waals surface area contributed by atoms with Crippen LogP contribution in [0.5, 0.6) is 5.75 Å². The highest BCUT2D eigenvalue weighted by atomic mass is 35.5. The molecule has 0 bridgehead atoms. The molecule has 0 saturated carbocycles. The number of rotatable bonds is 6. The second kappa shape index (κ2) is 8.85. The summed E-state index contributed by atoms with van der Waals surface area (Å²) >= 11 is 5.51. The Morgan fingerprint density at radius 3 is 2.83 bits per heavy atom. The average molecular weight is 267 g/mol. The van der Waals surface area contributed by atoms with Gasteiger partial charge in [-0.3, -0.25) is 0 Å². The maximum absolute atomic E-state index is 5.58. The van der Waals surface area contributed by atoms with E-state index in [4.69, 9.17) is 21.1 Å². The standard InChI is InChI=1S/C15H19ClO2/c1-13(2)12-17-9-10-18-15-7-3-5-14(11-15)6-4-8-16/h3,5,7,11,13H,8-10,12H2,1-2H3. The number of hydrogen-bond acceptors (Lipinski definition) is 2. The maximum Gasteiger partial charge on any atom is 0.120 e. The molecule has 98 valence electrons. The summed E-state index contributed by atoms with van der Waals surface area (Å²) in [6.45, 7) is 6.18. The Labute approximate surface area is 114 Å². The molecule has 0 saturated heterocycles. The van der Waals surface area contributed by atoms with Crippen LogP contribution in [0.3, 0.4) is 0 Å².